The van der Waals surface area contributed by atoms with E-state index in [0.29, 0.717) is 128 Å². The second-order valence-corrected chi connectivity index (χ2v) is 34.6. The summed E-state index contributed by atoms with van der Waals surface area (Å²) in [7, 11) is 0. The molecule has 17 atom stereocenters. The van der Waals surface area contributed by atoms with Crippen molar-refractivity contribution >= 4 is 24.6 Å². The standard InChI is InChI=1S/C94H182O34/c1-21-71(95)41-106-56-90(36-16,57-107-42-72(96)22-2)63-113-48-78(28-8)121-86(102)123-80(30-10)50-115-65-92(38-18,60-110-45-75(99)25-5)67-117-52-82(32-12)125-88(104)127-84(34-14)54-119-69-94(40-20,62-112-47-77(101)27-7)70-120-55-85(35-15)128-89(105)126-83(33-13)53-118-68-93(39-19,61-111-46-76(100)26-6)66-116-51-81(31-11)124-87(103)122-79(29-9)49-114-64-91(37-17,58-108-43-73(97)23-3)59-109-44-74(98)24-4/h71-85,95-101H,21-70H2,1-20H3. The predicted molar refractivity (Wildman–Crippen MR) is 483 cm³/mol. The van der Waals surface area contributed by atoms with Crippen LogP contribution in [-0.2, 0) is 109 Å². The van der Waals surface area contributed by atoms with Crippen molar-refractivity contribution in [1.29, 1.82) is 0 Å². The Morgan fingerprint density at radius 2 is 0.258 bits per heavy atom. The van der Waals surface area contributed by atoms with E-state index in [9.17, 15) is 54.9 Å². The summed E-state index contributed by atoms with van der Waals surface area (Å²) >= 11 is 0. The molecule has 34 heteroatoms. The first kappa shape index (κ1) is 124. The molecule has 17 unspecified atom stereocenters. The van der Waals surface area contributed by atoms with Gasteiger partial charge in [-0.05, 0) is 128 Å². The molecule has 0 aliphatic heterocycles. The molecule has 7 N–H and O–H groups in total. The summed E-state index contributed by atoms with van der Waals surface area (Å²) in [6, 6.07) is 0. The second-order valence-electron chi connectivity index (χ2n) is 34.6. The summed E-state index contributed by atoms with van der Waals surface area (Å²) in [5.74, 6) is 0. The lowest BCUT2D eigenvalue weighted by Gasteiger charge is -2.34. The summed E-state index contributed by atoms with van der Waals surface area (Å²) in [6.07, 6.45) is -3.74. The SMILES string of the molecule is CCC(O)COCC(CC)(COCC(O)CC)COCC(CC)OC(=O)OC(CC)COCC(CC)(COCC(O)CC)COCC(CC)OC(=O)OC(CC)COCC(CC)(COCC(O)CC)COCC(CC)OC(=O)OC(CC)COCC(CC)(COCC(O)CC)COCC(CC)OC(=O)OC(CC)COCC(CC)(COCC(O)CC)COCC(O)CC. The molecule has 0 saturated carbocycles. The molecule has 34 nitrogen and oxygen atoms in total. The summed E-state index contributed by atoms with van der Waals surface area (Å²) < 4.78 is 138. The maximum Gasteiger partial charge on any atom is 0.508 e. The Morgan fingerprint density at radius 3 is 0.336 bits per heavy atom. The molecule has 0 spiro atoms. The molecule has 0 aliphatic rings. The summed E-state index contributed by atoms with van der Waals surface area (Å²) in [4.78, 5) is 53.7. The first-order valence-corrected chi connectivity index (χ1v) is 48.3. The Labute approximate surface area is 768 Å². The molecule has 0 aromatic rings. The van der Waals surface area contributed by atoms with E-state index in [2.05, 4.69) is 0 Å². The number of ether oxygens (including phenoxy) is 23. The normalized spacial score (nSPS) is 17.9. The van der Waals surface area contributed by atoms with Crippen molar-refractivity contribution in [2.45, 2.75) is 358 Å². The third kappa shape index (κ3) is 56.5. The minimum atomic E-state index is -0.908. The minimum absolute atomic E-state index is 0.000776. The Balaban J connectivity index is 5.98. The van der Waals surface area contributed by atoms with Gasteiger partial charge >= 0.3 is 24.6 Å². The van der Waals surface area contributed by atoms with Gasteiger partial charge in [0.05, 0.1) is 241 Å². The highest BCUT2D eigenvalue weighted by atomic mass is 16.8. The molecule has 0 aromatic heterocycles. The van der Waals surface area contributed by atoms with Crippen LogP contribution in [0.3, 0.4) is 0 Å². The largest absolute Gasteiger partial charge is 0.508 e. The smallest absolute Gasteiger partial charge is 0.429 e. The number of carbonyl (C=O) groups is 4. The van der Waals surface area contributed by atoms with Gasteiger partial charge in [0.2, 0.25) is 0 Å². The van der Waals surface area contributed by atoms with Crippen LogP contribution in [0, 0.1) is 27.1 Å². The Kier molecular flexibility index (Phi) is 73.2. The van der Waals surface area contributed by atoms with Gasteiger partial charge in [-0.25, -0.2) is 19.2 Å². The van der Waals surface area contributed by atoms with Crippen molar-refractivity contribution in [3.63, 3.8) is 0 Å². The highest BCUT2D eigenvalue weighted by Crippen LogP contribution is 2.32. The van der Waals surface area contributed by atoms with Gasteiger partial charge in [-0.3, -0.25) is 0 Å². The molecule has 128 heavy (non-hydrogen) atoms. The summed E-state index contributed by atoms with van der Waals surface area (Å²) in [5, 5.41) is 71.8. The Bertz CT molecular complexity index is 2450. The molecule has 0 heterocycles. The highest BCUT2D eigenvalue weighted by molar-refractivity contribution is 5.61. The van der Waals surface area contributed by atoms with Gasteiger partial charge in [0.25, 0.3) is 0 Å². The van der Waals surface area contributed by atoms with Gasteiger partial charge in [-0.1, -0.05) is 138 Å². The van der Waals surface area contributed by atoms with Crippen LogP contribution in [0.25, 0.3) is 0 Å². The third-order valence-corrected chi connectivity index (χ3v) is 23.5. The molecule has 0 bridgehead atoms. The van der Waals surface area contributed by atoms with E-state index in [4.69, 9.17) is 109 Å². The molecule has 0 radical (unpaired) electrons. The lowest BCUT2D eigenvalue weighted by molar-refractivity contribution is -0.116. The monoisotopic (exact) mass is 1860 g/mol. The van der Waals surface area contributed by atoms with Crippen molar-refractivity contribution in [3.05, 3.63) is 0 Å². The number of carbonyl (C=O) groups excluding carboxylic acids is 4. The number of aliphatic hydroxyl groups excluding tert-OH is 7. The van der Waals surface area contributed by atoms with Crippen LogP contribution < -0.4 is 0 Å². The average molecular weight is 1860 g/mol. The maximum atomic E-state index is 13.6. The van der Waals surface area contributed by atoms with Gasteiger partial charge < -0.3 is 145 Å². The van der Waals surface area contributed by atoms with Crippen LogP contribution in [0.4, 0.5) is 19.2 Å². The lowest BCUT2D eigenvalue weighted by Crippen LogP contribution is -2.40. The molecule has 0 aliphatic carbocycles. The van der Waals surface area contributed by atoms with Crippen LogP contribution in [0.2, 0.25) is 0 Å². The molecule has 762 valence electrons. The van der Waals surface area contributed by atoms with Gasteiger partial charge in [-0.15, -0.1) is 0 Å². The number of hydrogen-bond acceptors (Lipinski definition) is 34. The van der Waals surface area contributed by atoms with Gasteiger partial charge in [0.1, 0.15) is 48.8 Å². The summed E-state index contributed by atoms with van der Waals surface area (Å²) in [6.45, 7) is 41.6. The topological polar surface area (TPSA) is 422 Å². The van der Waals surface area contributed by atoms with Crippen molar-refractivity contribution < 1.29 is 164 Å². The molecule has 0 fully saturated rings. The van der Waals surface area contributed by atoms with E-state index in [0.717, 1.165) is 0 Å². The first-order valence-electron chi connectivity index (χ1n) is 48.3. The maximum absolute atomic E-state index is 13.6. The fraction of sp³-hybridized carbons (Fsp3) is 0.957. The van der Waals surface area contributed by atoms with Crippen LogP contribution in [0.1, 0.15) is 267 Å². The molecule has 0 rings (SSSR count). The molecular weight excluding hydrogens is 1670 g/mol. The first-order chi connectivity index (χ1) is 61.3. The van der Waals surface area contributed by atoms with E-state index in [-0.39, 0.29) is 198 Å². The number of hydrogen-bond donors (Lipinski definition) is 7. The van der Waals surface area contributed by atoms with E-state index >= 15 is 0 Å². The van der Waals surface area contributed by atoms with Gasteiger partial charge in [0.15, 0.2) is 0 Å². The van der Waals surface area contributed by atoms with Crippen LogP contribution in [0.15, 0.2) is 0 Å². The molecule has 0 saturated heterocycles. The van der Waals surface area contributed by atoms with Gasteiger partial charge in [0, 0.05) is 27.1 Å². The third-order valence-electron chi connectivity index (χ3n) is 23.5. The number of aliphatic hydroxyl groups is 7. The van der Waals surface area contributed by atoms with E-state index in [1.165, 1.54) is 0 Å². The molecular formula is C94H182O34. The van der Waals surface area contributed by atoms with Crippen molar-refractivity contribution in [2.75, 3.05) is 198 Å². The highest BCUT2D eigenvalue weighted by Gasteiger charge is 2.38. The quantitative estimate of drug-likeness (QED) is 0.0220. The lowest BCUT2D eigenvalue weighted by atomic mass is 9.88. The summed E-state index contributed by atoms with van der Waals surface area (Å²) in [5.41, 5.74) is -3.41. The zero-order valence-corrected chi connectivity index (χ0v) is 82.7. The average Bonchev–Trinajstić information content (AvgIpc) is 0.884. The fourth-order valence-electron chi connectivity index (χ4n) is 12.2. The zero-order chi connectivity index (χ0) is 96.1. The fourth-order valence-corrected chi connectivity index (χ4v) is 12.2. The van der Waals surface area contributed by atoms with Crippen molar-refractivity contribution in [3.8, 4) is 0 Å². The van der Waals surface area contributed by atoms with Crippen molar-refractivity contribution in [1.82, 2.24) is 0 Å². The molecule has 0 aromatic carbocycles. The molecule has 0 amide bonds. The minimum Gasteiger partial charge on any atom is -0.429 e. The number of rotatable bonds is 88. The van der Waals surface area contributed by atoms with Crippen LogP contribution in [0.5, 0.6) is 0 Å². The Hall–Kier alpha value is -3.80. The van der Waals surface area contributed by atoms with E-state index in [1.807, 2.05) is 138 Å². The van der Waals surface area contributed by atoms with E-state index in [1.54, 1.807) is 0 Å². The van der Waals surface area contributed by atoms with Crippen LogP contribution in [-0.4, -0.2) is 350 Å². The zero-order valence-electron chi connectivity index (χ0n) is 82.7. The van der Waals surface area contributed by atoms with E-state index < -0.39 is 143 Å². The van der Waals surface area contributed by atoms with Gasteiger partial charge in [-0.2, -0.15) is 0 Å². The second kappa shape index (κ2) is 75.4. The Morgan fingerprint density at radius 1 is 0.164 bits per heavy atom. The van der Waals surface area contributed by atoms with Crippen LogP contribution >= 0.6 is 0 Å². The van der Waals surface area contributed by atoms with Crippen molar-refractivity contribution in [2.24, 2.45) is 27.1 Å². The predicted octanol–water partition coefficient (Wildman–Crippen LogP) is 13.5.